The van der Waals surface area contributed by atoms with Crippen LogP contribution in [0.2, 0.25) is 0 Å². The van der Waals surface area contributed by atoms with E-state index in [1.807, 2.05) is 20.8 Å². The van der Waals surface area contributed by atoms with E-state index in [4.69, 9.17) is 33.2 Å². The standard InChI is InChI=1S/C47H80O20/c1-18(2)41(67-45-40(60)42(63-21(5)49)33(53)20(4)62-45)29(52)12-19(3)32-28(51)15-25-23-14-27(50)26-13-22(8-10-46(26,6)24(23)9-11-47(25,32)7)64-44-39(59)37(57)35(55)31(66-44)17-61-43-38(58)36(56)34(54)30(16-48)65-43/h18-20,22-45,48,50-60H,8-17H2,1-7H3. The van der Waals surface area contributed by atoms with E-state index >= 15 is 0 Å². The van der Waals surface area contributed by atoms with Gasteiger partial charge >= 0.3 is 5.97 Å². The molecule has 67 heavy (non-hydrogen) atoms. The van der Waals surface area contributed by atoms with Crippen LogP contribution in [0, 0.1) is 52.3 Å². The summed E-state index contributed by atoms with van der Waals surface area (Å²) in [5, 5.41) is 130. The monoisotopic (exact) mass is 965 g/mol. The molecule has 20 heteroatoms. The summed E-state index contributed by atoms with van der Waals surface area (Å²) in [5.74, 6) is -0.862. The van der Waals surface area contributed by atoms with Gasteiger partial charge in [-0.15, -0.1) is 0 Å². The van der Waals surface area contributed by atoms with Crippen molar-refractivity contribution < 1.29 is 99.2 Å². The smallest absolute Gasteiger partial charge is 0.303 e. The van der Waals surface area contributed by atoms with E-state index < -0.39 is 142 Å². The molecular formula is C47H80O20. The van der Waals surface area contributed by atoms with Crippen LogP contribution in [0.5, 0.6) is 0 Å². The van der Waals surface area contributed by atoms with Gasteiger partial charge in [-0.2, -0.15) is 0 Å². The fourth-order valence-corrected chi connectivity index (χ4v) is 14.2. The zero-order valence-electron chi connectivity index (χ0n) is 39.8. The molecule has 0 aromatic carbocycles. The third-order valence-corrected chi connectivity index (χ3v) is 17.6. The van der Waals surface area contributed by atoms with Gasteiger partial charge in [-0.25, -0.2) is 0 Å². The second kappa shape index (κ2) is 21.1. The Kier molecular flexibility index (Phi) is 16.8. The summed E-state index contributed by atoms with van der Waals surface area (Å²) in [6.07, 6.45) is -20.2. The number of rotatable bonds is 14. The molecule has 7 aliphatic rings. The lowest BCUT2D eigenvalue weighted by atomic mass is 9.43. The van der Waals surface area contributed by atoms with Crippen molar-refractivity contribution in [1.29, 1.82) is 0 Å². The Bertz CT molecular complexity index is 1640. The van der Waals surface area contributed by atoms with Crippen molar-refractivity contribution in [2.45, 2.75) is 222 Å². The van der Waals surface area contributed by atoms with Crippen LogP contribution in [-0.4, -0.2) is 203 Å². The van der Waals surface area contributed by atoms with Crippen LogP contribution >= 0.6 is 0 Å². The van der Waals surface area contributed by atoms with Gasteiger partial charge in [0.2, 0.25) is 0 Å². The molecule has 7 rings (SSSR count). The molecule has 0 spiro atoms. The first-order chi connectivity index (χ1) is 31.4. The van der Waals surface area contributed by atoms with Crippen LogP contribution < -0.4 is 0 Å². The molecule has 0 bridgehead atoms. The minimum Gasteiger partial charge on any atom is -0.457 e. The summed E-state index contributed by atoms with van der Waals surface area (Å²) in [5.41, 5.74) is -0.557. The lowest BCUT2D eigenvalue weighted by molar-refractivity contribution is -0.338. The summed E-state index contributed by atoms with van der Waals surface area (Å²) in [6, 6.07) is 0. The topological polar surface area (TPSA) is 324 Å². The quantitative estimate of drug-likeness (QED) is 0.0691. The van der Waals surface area contributed by atoms with E-state index in [-0.39, 0.29) is 52.3 Å². The lowest BCUT2D eigenvalue weighted by Crippen LogP contribution is -2.62. The average Bonchev–Trinajstić information content (AvgIpc) is 3.55. The fourth-order valence-electron chi connectivity index (χ4n) is 14.2. The Morgan fingerprint density at radius 3 is 1.96 bits per heavy atom. The Morgan fingerprint density at radius 1 is 0.687 bits per heavy atom. The first kappa shape index (κ1) is 53.5. The maximum absolute atomic E-state index is 12.0. The lowest BCUT2D eigenvalue weighted by Gasteiger charge is -2.62. The van der Waals surface area contributed by atoms with Crippen LogP contribution in [0.1, 0.15) is 99.8 Å². The molecule has 3 aliphatic heterocycles. The zero-order valence-corrected chi connectivity index (χ0v) is 39.8. The molecule has 388 valence electrons. The van der Waals surface area contributed by atoms with Gasteiger partial charge in [0.1, 0.15) is 61.0 Å². The van der Waals surface area contributed by atoms with E-state index in [9.17, 15) is 66.1 Å². The summed E-state index contributed by atoms with van der Waals surface area (Å²) < 4.78 is 40.5. The largest absolute Gasteiger partial charge is 0.457 e. The molecular weight excluding hydrogens is 884 g/mol. The second-order valence-electron chi connectivity index (χ2n) is 22.1. The highest BCUT2D eigenvalue weighted by Crippen LogP contribution is 2.68. The van der Waals surface area contributed by atoms with Crippen LogP contribution in [0.15, 0.2) is 0 Å². The minimum absolute atomic E-state index is 0.113. The summed E-state index contributed by atoms with van der Waals surface area (Å²) >= 11 is 0. The van der Waals surface area contributed by atoms with Crippen molar-refractivity contribution in [2.24, 2.45) is 52.3 Å². The van der Waals surface area contributed by atoms with E-state index in [1.54, 1.807) is 6.92 Å². The number of fused-ring (bicyclic) bond motifs is 5. The van der Waals surface area contributed by atoms with Crippen molar-refractivity contribution in [1.82, 2.24) is 0 Å². The first-order valence-corrected chi connectivity index (χ1v) is 24.6. The van der Waals surface area contributed by atoms with Gasteiger partial charge in [0.05, 0.1) is 49.8 Å². The van der Waals surface area contributed by atoms with E-state index in [2.05, 4.69) is 13.8 Å². The average molecular weight is 965 g/mol. The zero-order chi connectivity index (χ0) is 49.2. The Hall–Kier alpha value is -1.25. The Balaban J connectivity index is 0.969. The molecule has 0 radical (unpaired) electrons. The van der Waals surface area contributed by atoms with Crippen molar-refractivity contribution >= 4 is 5.97 Å². The summed E-state index contributed by atoms with van der Waals surface area (Å²) in [7, 11) is 0. The van der Waals surface area contributed by atoms with Gasteiger partial charge in [0.25, 0.3) is 0 Å². The number of hydrogen-bond acceptors (Lipinski definition) is 20. The summed E-state index contributed by atoms with van der Waals surface area (Å²) in [4.78, 5) is 11.8. The second-order valence-corrected chi connectivity index (χ2v) is 22.1. The van der Waals surface area contributed by atoms with Gasteiger partial charge in [-0.05, 0) is 111 Å². The van der Waals surface area contributed by atoms with Crippen LogP contribution in [0.4, 0.5) is 0 Å². The van der Waals surface area contributed by atoms with Gasteiger partial charge in [0, 0.05) is 6.92 Å². The minimum atomic E-state index is -1.70. The molecule has 3 heterocycles. The number of ether oxygens (including phenoxy) is 7. The maximum atomic E-state index is 12.0. The van der Waals surface area contributed by atoms with Gasteiger partial charge in [-0.3, -0.25) is 4.79 Å². The Labute approximate surface area is 392 Å². The Morgan fingerprint density at radius 2 is 1.31 bits per heavy atom. The molecule has 28 atom stereocenters. The maximum Gasteiger partial charge on any atom is 0.303 e. The molecule has 4 saturated carbocycles. The fraction of sp³-hybridized carbons (Fsp3) is 0.979. The SMILES string of the molecule is CC(=O)OC1C(O)C(C)OC(OC(C(C)C)C(O)CC(C)C2C(O)CC3C4CC(O)C5CC(OC6OC(COC7OC(CO)C(O)C(O)C7O)C(O)C(O)C6O)CCC5(C)C4CCC32C)C1O. The predicted molar refractivity (Wildman–Crippen MR) is 231 cm³/mol. The highest BCUT2D eigenvalue weighted by atomic mass is 16.7. The number of aliphatic hydroxyl groups excluding tert-OH is 12. The highest BCUT2D eigenvalue weighted by Gasteiger charge is 2.65. The molecule has 20 nitrogen and oxygen atoms in total. The molecule has 28 unspecified atom stereocenters. The third-order valence-electron chi connectivity index (χ3n) is 17.6. The highest BCUT2D eigenvalue weighted by molar-refractivity contribution is 5.66. The normalized spacial score (nSPS) is 51.6. The molecule has 3 saturated heterocycles. The number of esters is 1. The summed E-state index contributed by atoms with van der Waals surface area (Å²) in [6.45, 7) is 11.9. The third kappa shape index (κ3) is 10.2. The number of carbonyl (C=O) groups excluding carboxylic acids is 1. The molecule has 0 amide bonds. The molecule has 4 aliphatic carbocycles. The van der Waals surface area contributed by atoms with Gasteiger partial charge in [0.15, 0.2) is 25.0 Å². The molecule has 7 fully saturated rings. The van der Waals surface area contributed by atoms with Crippen LogP contribution in [-0.2, 0) is 38.0 Å². The molecule has 12 N–H and O–H groups in total. The number of aliphatic hydroxyl groups is 12. The van der Waals surface area contributed by atoms with E-state index in [0.29, 0.717) is 38.5 Å². The molecule has 0 aromatic rings. The van der Waals surface area contributed by atoms with Crippen LogP contribution in [0.25, 0.3) is 0 Å². The number of carbonyl (C=O) groups is 1. The first-order valence-electron chi connectivity index (χ1n) is 24.6. The molecule has 0 aromatic heterocycles. The van der Waals surface area contributed by atoms with Gasteiger partial charge in [-0.1, -0.05) is 34.6 Å². The predicted octanol–water partition coefficient (Wildman–Crippen LogP) is -1.58. The van der Waals surface area contributed by atoms with E-state index in [0.717, 1.165) is 12.8 Å². The van der Waals surface area contributed by atoms with Crippen molar-refractivity contribution in [3.05, 3.63) is 0 Å². The van der Waals surface area contributed by atoms with Crippen molar-refractivity contribution in [3.8, 4) is 0 Å². The van der Waals surface area contributed by atoms with Crippen LogP contribution in [0.3, 0.4) is 0 Å². The number of hydrogen-bond donors (Lipinski definition) is 12. The van der Waals surface area contributed by atoms with Crippen molar-refractivity contribution in [2.75, 3.05) is 13.2 Å². The van der Waals surface area contributed by atoms with Crippen molar-refractivity contribution in [3.63, 3.8) is 0 Å². The van der Waals surface area contributed by atoms with E-state index in [1.165, 1.54) is 6.92 Å². The van der Waals surface area contributed by atoms with Gasteiger partial charge < -0.3 is 94.4 Å².